The topological polar surface area (TPSA) is 50.2 Å². The van der Waals surface area contributed by atoms with Crippen LogP contribution in [0.3, 0.4) is 0 Å². The largest absolute Gasteiger partial charge is 0.477 e. The fourth-order valence-electron chi connectivity index (χ4n) is 1.55. The zero-order chi connectivity index (χ0) is 14.8. The Morgan fingerprint density at radius 1 is 1.40 bits per heavy atom. The van der Waals surface area contributed by atoms with E-state index < -0.39 is 17.6 Å². The van der Waals surface area contributed by atoms with Gasteiger partial charge in [-0.15, -0.1) is 11.3 Å². The molecule has 3 nitrogen and oxygen atoms in total. The van der Waals surface area contributed by atoms with Crippen LogP contribution in [0.15, 0.2) is 34.7 Å². The van der Waals surface area contributed by atoms with Gasteiger partial charge in [-0.25, -0.2) is 18.6 Å². The molecule has 20 heavy (non-hydrogen) atoms. The lowest BCUT2D eigenvalue weighted by Gasteiger charge is -2.15. The lowest BCUT2D eigenvalue weighted by Crippen LogP contribution is -2.16. The Balaban J connectivity index is 2.08. The van der Waals surface area contributed by atoms with Gasteiger partial charge in [0.05, 0.1) is 11.4 Å². The molecule has 1 N–H and O–H groups in total. The number of aryl methyl sites for hydroxylation is 1. The van der Waals surface area contributed by atoms with Gasteiger partial charge in [0.15, 0.2) is 4.34 Å². The third-order valence-electron chi connectivity index (χ3n) is 2.54. The summed E-state index contributed by atoms with van der Waals surface area (Å²) in [4.78, 5) is 15.0. The molecule has 0 atom stereocenters. The van der Waals surface area contributed by atoms with E-state index in [-0.39, 0.29) is 10.4 Å². The molecular formula is C13H11F2NO2S2. The number of aromatic nitrogens is 1. The molecule has 106 valence electrons. The summed E-state index contributed by atoms with van der Waals surface area (Å²) in [6.07, 6.45) is 0. The van der Waals surface area contributed by atoms with E-state index in [1.54, 1.807) is 25.1 Å². The lowest BCUT2D eigenvalue weighted by atomic mass is 10.1. The Hall–Kier alpha value is -1.47. The standard InChI is InChI=1S/C13H11F2NO2S2/c1-8-10(11(17)18)20-12(16-8)19-7-13(14,15)9-5-3-2-4-6-9/h2-6H,7H2,1H3,(H,17,18). The summed E-state index contributed by atoms with van der Waals surface area (Å²) < 4.78 is 28.2. The highest BCUT2D eigenvalue weighted by atomic mass is 32.2. The Morgan fingerprint density at radius 2 is 2.05 bits per heavy atom. The Morgan fingerprint density at radius 3 is 2.60 bits per heavy atom. The van der Waals surface area contributed by atoms with Crippen LogP contribution in [0.4, 0.5) is 8.78 Å². The molecule has 0 aliphatic carbocycles. The minimum atomic E-state index is -2.98. The normalized spacial score (nSPS) is 11.6. The average Bonchev–Trinajstić information content (AvgIpc) is 2.79. The Kier molecular flexibility index (Phi) is 4.39. The molecule has 0 spiro atoms. The lowest BCUT2D eigenvalue weighted by molar-refractivity contribution is 0.0231. The van der Waals surface area contributed by atoms with Gasteiger partial charge in [0, 0.05) is 5.56 Å². The van der Waals surface area contributed by atoms with Crippen molar-refractivity contribution >= 4 is 29.1 Å². The number of carboxylic acids is 1. The highest BCUT2D eigenvalue weighted by Crippen LogP contribution is 2.36. The molecule has 1 aromatic carbocycles. The first-order chi connectivity index (χ1) is 9.40. The quantitative estimate of drug-likeness (QED) is 0.846. The highest BCUT2D eigenvalue weighted by molar-refractivity contribution is 8.01. The van der Waals surface area contributed by atoms with Crippen molar-refractivity contribution in [3.05, 3.63) is 46.5 Å². The van der Waals surface area contributed by atoms with E-state index >= 15 is 0 Å². The first-order valence-corrected chi connectivity index (χ1v) is 7.47. The van der Waals surface area contributed by atoms with Gasteiger partial charge in [-0.1, -0.05) is 42.1 Å². The number of carbonyl (C=O) groups is 1. The number of halogens is 2. The summed E-state index contributed by atoms with van der Waals surface area (Å²) in [5, 5.41) is 8.90. The Bertz CT molecular complexity index is 614. The van der Waals surface area contributed by atoms with Crippen LogP contribution in [0, 0.1) is 6.92 Å². The van der Waals surface area contributed by atoms with Crippen molar-refractivity contribution in [2.24, 2.45) is 0 Å². The van der Waals surface area contributed by atoms with Gasteiger partial charge in [-0.05, 0) is 6.92 Å². The van der Waals surface area contributed by atoms with E-state index in [1.165, 1.54) is 12.1 Å². The fraction of sp³-hybridized carbons (Fsp3) is 0.231. The molecule has 0 aliphatic rings. The fourth-order valence-corrected chi connectivity index (χ4v) is 3.52. The third kappa shape index (κ3) is 3.34. The zero-order valence-electron chi connectivity index (χ0n) is 10.5. The maximum atomic E-state index is 13.9. The summed E-state index contributed by atoms with van der Waals surface area (Å²) in [6, 6.07) is 7.54. The summed E-state index contributed by atoms with van der Waals surface area (Å²) in [6.45, 7) is 1.55. The molecule has 2 aromatic rings. The molecule has 0 saturated carbocycles. The van der Waals surface area contributed by atoms with E-state index in [0.717, 1.165) is 23.1 Å². The van der Waals surface area contributed by atoms with Crippen molar-refractivity contribution in [2.45, 2.75) is 17.2 Å². The number of thioether (sulfide) groups is 1. The second-order valence-electron chi connectivity index (χ2n) is 4.06. The molecule has 0 saturated heterocycles. The summed E-state index contributed by atoms with van der Waals surface area (Å²) in [5.74, 6) is -4.53. The van der Waals surface area contributed by atoms with E-state index in [4.69, 9.17) is 5.11 Å². The van der Waals surface area contributed by atoms with Crippen LogP contribution in [-0.2, 0) is 5.92 Å². The van der Waals surface area contributed by atoms with Gasteiger partial charge in [0.2, 0.25) is 0 Å². The van der Waals surface area contributed by atoms with Crippen molar-refractivity contribution in [3.8, 4) is 0 Å². The average molecular weight is 315 g/mol. The van der Waals surface area contributed by atoms with Crippen LogP contribution in [-0.4, -0.2) is 21.8 Å². The maximum absolute atomic E-state index is 13.9. The van der Waals surface area contributed by atoms with Crippen LogP contribution >= 0.6 is 23.1 Å². The number of carboxylic acid groups (broad SMARTS) is 1. The zero-order valence-corrected chi connectivity index (χ0v) is 12.1. The number of alkyl halides is 2. The SMILES string of the molecule is Cc1nc(SCC(F)(F)c2ccccc2)sc1C(=O)O. The predicted molar refractivity (Wildman–Crippen MR) is 74.9 cm³/mol. The second-order valence-corrected chi connectivity index (χ2v) is 6.28. The molecule has 1 aromatic heterocycles. The maximum Gasteiger partial charge on any atom is 0.347 e. The van der Waals surface area contributed by atoms with Gasteiger partial charge < -0.3 is 5.11 Å². The van der Waals surface area contributed by atoms with Crippen molar-refractivity contribution < 1.29 is 18.7 Å². The summed E-state index contributed by atoms with van der Waals surface area (Å²) in [7, 11) is 0. The van der Waals surface area contributed by atoms with E-state index in [9.17, 15) is 13.6 Å². The van der Waals surface area contributed by atoms with Gasteiger partial charge in [-0.2, -0.15) is 0 Å². The molecule has 0 unspecified atom stereocenters. The number of benzene rings is 1. The van der Waals surface area contributed by atoms with Crippen LogP contribution in [0.5, 0.6) is 0 Å². The van der Waals surface area contributed by atoms with Crippen LogP contribution in [0.1, 0.15) is 20.9 Å². The Labute approximate surface area is 122 Å². The number of nitrogens with zero attached hydrogens (tertiary/aromatic N) is 1. The highest BCUT2D eigenvalue weighted by Gasteiger charge is 2.32. The predicted octanol–water partition coefficient (Wildman–Crippen LogP) is 4.03. The van der Waals surface area contributed by atoms with E-state index in [1.807, 2.05) is 0 Å². The summed E-state index contributed by atoms with van der Waals surface area (Å²) >= 11 is 1.79. The number of rotatable bonds is 5. The minimum absolute atomic E-state index is 0.0563. The number of hydrogen-bond acceptors (Lipinski definition) is 4. The molecule has 0 bridgehead atoms. The summed E-state index contributed by atoms with van der Waals surface area (Å²) in [5.41, 5.74) is 0.298. The smallest absolute Gasteiger partial charge is 0.347 e. The molecule has 0 fully saturated rings. The van der Waals surface area contributed by atoms with Gasteiger partial charge in [0.25, 0.3) is 5.92 Å². The van der Waals surface area contributed by atoms with Crippen molar-refractivity contribution in [1.29, 1.82) is 0 Å². The number of aromatic carboxylic acids is 1. The third-order valence-corrected chi connectivity index (χ3v) is 4.93. The van der Waals surface area contributed by atoms with Crippen LogP contribution in [0.25, 0.3) is 0 Å². The number of thiazole rings is 1. The molecule has 0 aliphatic heterocycles. The van der Waals surface area contributed by atoms with Crippen molar-refractivity contribution in [2.75, 3.05) is 5.75 Å². The monoisotopic (exact) mass is 315 g/mol. The van der Waals surface area contributed by atoms with Crippen LogP contribution < -0.4 is 0 Å². The van der Waals surface area contributed by atoms with Crippen molar-refractivity contribution in [1.82, 2.24) is 4.98 Å². The molecule has 0 amide bonds. The first kappa shape index (κ1) is 14.9. The second kappa shape index (κ2) is 5.88. The molecular weight excluding hydrogens is 304 g/mol. The van der Waals surface area contributed by atoms with Crippen molar-refractivity contribution in [3.63, 3.8) is 0 Å². The minimum Gasteiger partial charge on any atom is -0.477 e. The first-order valence-electron chi connectivity index (χ1n) is 5.67. The molecule has 7 heteroatoms. The van der Waals surface area contributed by atoms with Gasteiger partial charge >= 0.3 is 5.97 Å². The molecule has 2 rings (SSSR count). The van der Waals surface area contributed by atoms with E-state index in [0.29, 0.717) is 10.0 Å². The molecule has 1 heterocycles. The molecule has 0 radical (unpaired) electrons. The van der Waals surface area contributed by atoms with Crippen LogP contribution in [0.2, 0.25) is 0 Å². The van der Waals surface area contributed by atoms with E-state index in [2.05, 4.69) is 4.98 Å². The van der Waals surface area contributed by atoms with Gasteiger partial charge in [-0.3, -0.25) is 0 Å². The van der Waals surface area contributed by atoms with Gasteiger partial charge in [0.1, 0.15) is 4.88 Å². The number of hydrogen-bond donors (Lipinski definition) is 1.